The summed E-state index contributed by atoms with van der Waals surface area (Å²) in [6.07, 6.45) is 1.65. The number of aromatic nitrogens is 3. The number of rotatable bonds is 8. The quantitative estimate of drug-likeness (QED) is 0.760. The number of nitrogens with zero attached hydrogens (tertiary/aromatic N) is 4. The lowest BCUT2D eigenvalue weighted by atomic mass is 9.93. The molecule has 0 spiro atoms. The lowest BCUT2D eigenvalue weighted by molar-refractivity contribution is 0.425. The van der Waals surface area contributed by atoms with Crippen LogP contribution in [-0.4, -0.2) is 47.3 Å². The average molecular weight is 342 g/mol. The third kappa shape index (κ3) is 5.39. The first-order valence-corrected chi connectivity index (χ1v) is 8.86. The number of hydrogen-bond donors (Lipinski definition) is 2. The summed E-state index contributed by atoms with van der Waals surface area (Å²) in [6.45, 7) is 10.5. The van der Waals surface area contributed by atoms with Gasteiger partial charge in [0.1, 0.15) is 0 Å². The van der Waals surface area contributed by atoms with Crippen LogP contribution in [0.4, 0.5) is 17.5 Å². The summed E-state index contributed by atoms with van der Waals surface area (Å²) in [4.78, 5) is 6.67. The predicted octanol–water partition coefficient (Wildman–Crippen LogP) is 3.84. The highest BCUT2D eigenvalue weighted by molar-refractivity contribution is 5.65. The molecule has 0 atom stereocenters. The molecule has 0 fully saturated rings. The number of benzene rings is 1. The summed E-state index contributed by atoms with van der Waals surface area (Å²) in [6, 6.07) is 6.44. The molecule has 0 bridgehead atoms. The predicted molar refractivity (Wildman–Crippen MR) is 105 cm³/mol. The average Bonchev–Trinajstić information content (AvgIpc) is 2.54. The second-order valence-electron chi connectivity index (χ2n) is 7.14. The van der Waals surface area contributed by atoms with Crippen molar-refractivity contribution < 1.29 is 0 Å². The first-order chi connectivity index (χ1) is 11.9. The van der Waals surface area contributed by atoms with E-state index in [1.165, 1.54) is 11.1 Å². The van der Waals surface area contributed by atoms with Gasteiger partial charge in [0.25, 0.3) is 0 Å². The lowest BCUT2D eigenvalue weighted by Crippen LogP contribution is -2.21. The van der Waals surface area contributed by atoms with Crippen molar-refractivity contribution in [2.24, 2.45) is 0 Å². The summed E-state index contributed by atoms with van der Waals surface area (Å²) in [5.41, 5.74) is 3.63. The molecule has 0 radical (unpaired) electrons. The molecule has 0 aliphatic carbocycles. The topological polar surface area (TPSA) is 66.0 Å². The van der Waals surface area contributed by atoms with Crippen molar-refractivity contribution in [3.05, 3.63) is 35.5 Å². The van der Waals surface area contributed by atoms with Gasteiger partial charge in [-0.3, -0.25) is 0 Å². The first kappa shape index (κ1) is 19.1. The van der Waals surface area contributed by atoms with E-state index in [0.29, 0.717) is 17.8 Å². The van der Waals surface area contributed by atoms with Gasteiger partial charge in [-0.05, 0) is 37.1 Å². The minimum Gasteiger partial charge on any atom is -0.367 e. The zero-order valence-electron chi connectivity index (χ0n) is 16.2. The molecule has 1 aromatic carbocycles. The van der Waals surface area contributed by atoms with E-state index in [1.807, 2.05) is 14.1 Å². The molecule has 6 heteroatoms. The van der Waals surface area contributed by atoms with E-state index in [4.69, 9.17) is 0 Å². The van der Waals surface area contributed by atoms with Crippen molar-refractivity contribution in [1.82, 2.24) is 20.1 Å². The molecule has 25 heavy (non-hydrogen) atoms. The summed E-state index contributed by atoms with van der Waals surface area (Å²) < 4.78 is 0. The molecule has 1 aromatic heterocycles. The molecule has 0 aliphatic heterocycles. The Bertz CT molecular complexity index is 655. The van der Waals surface area contributed by atoms with E-state index in [-0.39, 0.29) is 0 Å². The van der Waals surface area contributed by atoms with Crippen LogP contribution in [0.15, 0.2) is 24.4 Å². The van der Waals surface area contributed by atoms with Crippen LogP contribution in [0.2, 0.25) is 0 Å². The van der Waals surface area contributed by atoms with Crippen molar-refractivity contribution in [2.45, 2.75) is 39.5 Å². The van der Waals surface area contributed by atoms with Crippen LogP contribution in [0.5, 0.6) is 0 Å². The zero-order valence-corrected chi connectivity index (χ0v) is 16.2. The molecular formula is C19H30N6. The second kappa shape index (κ2) is 8.76. The van der Waals surface area contributed by atoms with E-state index in [9.17, 15) is 0 Å². The summed E-state index contributed by atoms with van der Waals surface area (Å²) in [5, 5.41) is 14.9. The zero-order chi connectivity index (χ0) is 18.4. The van der Waals surface area contributed by atoms with E-state index in [0.717, 1.165) is 24.6 Å². The largest absolute Gasteiger partial charge is 0.367 e. The fourth-order valence-corrected chi connectivity index (χ4v) is 2.66. The fraction of sp³-hybridized carbons (Fsp3) is 0.526. The normalized spacial score (nSPS) is 11.4. The molecule has 2 aromatic rings. The number of nitrogens with one attached hydrogen (secondary N) is 2. The van der Waals surface area contributed by atoms with Crippen molar-refractivity contribution in [2.75, 3.05) is 37.8 Å². The Hall–Kier alpha value is -2.21. The van der Waals surface area contributed by atoms with Gasteiger partial charge in [0.2, 0.25) is 5.95 Å². The Balaban J connectivity index is 2.24. The first-order valence-electron chi connectivity index (χ1n) is 8.86. The molecule has 0 saturated heterocycles. The van der Waals surface area contributed by atoms with Gasteiger partial charge in [-0.2, -0.15) is 10.1 Å². The fourth-order valence-electron chi connectivity index (χ4n) is 2.66. The van der Waals surface area contributed by atoms with Crippen LogP contribution in [0.1, 0.15) is 50.7 Å². The molecule has 0 unspecified atom stereocenters. The molecule has 0 saturated carbocycles. The number of hydrogen-bond acceptors (Lipinski definition) is 6. The smallest absolute Gasteiger partial charge is 0.249 e. The third-order valence-corrected chi connectivity index (χ3v) is 4.03. The Morgan fingerprint density at radius 1 is 1.04 bits per heavy atom. The van der Waals surface area contributed by atoms with Gasteiger partial charge in [-0.1, -0.05) is 45.9 Å². The Kier molecular flexibility index (Phi) is 6.70. The van der Waals surface area contributed by atoms with Gasteiger partial charge in [-0.15, -0.1) is 5.10 Å². The molecule has 136 valence electrons. The van der Waals surface area contributed by atoms with Gasteiger partial charge >= 0.3 is 0 Å². The Morgan fingerprint density at radius 3 is 2.24 bits per heavy atom. The van der Waals surface area contributed by atoms with Crippen molar-refractivity contribution in [3.8, 4) is 0 Å². The second-order valence-corrected chi connectivity index (χ2v) is 7.14. The van der Waals surface area contributed by atoms with Crippen LogP contribution < -0.4 is 10.6 Å². The summed E-state index contributed by atoms with van der Waals surface area (Å²) in [7, 11) is 4.09. The number of para-hydroxylation sites is 1. The Labute approximate surface area is 151 Å². The van der Waals surface area contributed by atoms with E-state index in [1.54, 1.807) is 6.20 Å². The van der Waals surface area contributed by atoms with Gasteiger partial charge in [0.15, 0.2) is 5.82 Å². The SMILES string of the molecule is CC(C)c1cccc(C(C)C)c1Nc1nncc(NCCN(C)C)n1. The highest BCUT2D eigenvalue weighted by Gasteiger charge is 2.15. The van der Waals surface area contributed by atoms with Crippen LogP contribution >= 0.6 is 0 Å². The summed E-state index contributed by atoms with van der Waals surface area (Å²) >= 11 is 0. The molecule has 6 nitrogen and oxygen atoms in total. The standard InChI is InChI=1S/C19H30N6/c1-13(2)15-8-7-9-16(14(3)4)18(15)23-19-22-17(12-21-24-19)20-10-11-25(5)6/h7-9,12-14H,10-11H2,1-6H3,(H2,20,22,23,24). The highest BCUT2D eigenvalue weighted by atomic mass is 15.3. The molecule has 2 rings (SSSR count). The minimum atomic E-state index is 0.413. The molecule has 0 aliphatic rings. The van der Waals surface area contributed by atoms with E-state index in [2.05, 4.69) is 76.6 Å². The Morgan fingerprint density at radius 2 is 1.68 bits per heavy atom. The maximum Gasteiger partial charge on any atom is 0.249 e. The maximum atomic E-state index is 4.55. The van der Waals surface area contributed by atoms with Crippen LogP contribution in [-0.2, 0) is 0 Å². The van der Waals surface area contributed by atoms with Gasteiger partial charge in [0, 0.05) is 18.8 Å². The number of anilines is 3. The van der Waals surface area contributed by atoms with Crippen LogP contribution in [0, 0.1) is 0 Å². The lowest BCUT2D eigenvalue weighted by Gasteiger charge is -2.20. The maximum absolute atomic E-state index is 4.55. The van der Waals surface area contributed by atoms with E-state index < -0.39 is 0 Å². The van der Waals surface area contributed by atoms with Crippen LogP contribution in [0.25, 0.3) is 0 Å². The molecule has 2 N–H and O–H groups in total. The van der Waals surface area contributed by atoms with Crippen molar-refractivity contribution >= 4 is 17.5 Å². The van der Waals surface area contributed by atoms with Gasteiger partial charge in [-0.25, -0.2) is 0 Å². The molecule has 0 amide bonds. The molecular weight excluding hydrogens is 312 g/mol. The van der Waals surface area contributed by atoms with Gasteiger partial charge < -0.3 is 15.5 Å². The third-order valence-electron chi connectivity index (χ3n) is 4.03. The monoisotopic (exact) mass is 342 g/mol. The van der Waals surface area contributed by atoms with Crippen LogP contribution in [0.3, 0.4) is 0 Å². The van der Waals surface area contributed by atoms with Gasteiger partial charge in [0.05, 0.1) is 6.20 Å². The highest BCUT2D eigenvalue weighted by Crippen LogP contribution is 2.33. The van der Waals surface area contributed by atoms with Crippen molar-refractivity contribution in [1.29, 1.82) is 0 Å². The van der Waals surface area contributed by atoms with Crippen molar-refractivity contribution in [3.63, 3.8) is 0 Å². The molecule has 1 heterocycles. The van der Waals surface area contributed by atoms with E-state index >= 15 is 0 Å². The minimum absolute atomic E-state index is 0.413. The summed E-state index contributed by atoms with van der Waals surface area (Å²) in [5.74, 6) is 2.07. The number of likely N-dealkylation sites (N-methyl/N-ethyl adjacent to an activating group) is 1.